The molecule has 1 aliphatic carbocycles. The van der Waals surface area contributed by atoms with Crippen LogP contribution in [0, 0.1) is 0 Å². The van der Waals surface area contributed by atoms with E-state index in [2.05, 4.69) is 0 Å². The molecular weight excluding hydrogens is 92.1 g/mol. The van der Waals surface area contributed by atoms with Gasteiger partial charge in [0.2, 0.25) is 0 Å². The first-order valence-corrected chi connectivity index (χ1v) is 2.63. The van der Waals surface area contributed by atoms with Crippen LogP contribution in [0.1, 0.15) is 12.8 Å². The quantitative estimate of drug-likeness (QED) is 0.442. The summed E-state index contributed by atoms with van der Waals surface area (Å²) < 4.78 is 10.2. The van der Waals surface area contributed by atoms with E-state index < -0.39 is 0 Å². The van der Waals surface area contributed by atoms with Gasteiger partial charge in [-0.15, -0.1) is 0 Å². The maximum absolute atomic E-state index is 5.23. The van der Waals surface area contributed by atoms with E-state index in [1.54, 1.807) is 0 Å². The summed E-state index contributed by atoms with van der Waals surface area (Å²) in [5.41, 5.74) is 0.222. The molecule has 1 saturated carbocycles. The van der Waals surface area contributed by atoms with Crippen molar-refractivity contribution in [1.82, 2.24) is 0 Å². The summed E-state index contributed by atoms with van der Waals surface area (Å²) in [5.74, 6) is 0. The fourth-order valence-corrected chi connectivity index (χ4v) is 0.864. The van der Waals surface area contributed by atoms with Gasteiger partial charge < -0.3 is 9.47 Å². The van der Waals surface area contributed by atoms with Crippen molar-refractivity contribution in [2.75, 3.05) is 13.4 Å². The SMILES string of the molecule is C1OCC2(CC2)O1. The van der Waals surface area contributed by atoms with Gasteiger partial charge in [0.05, 0.1) is 12.2 Å². The van der Waals surface area contributed by atoms with Crippen molar-refractivity contribution in [3.05, 3.63) is 0 Å². The van der Waals surface area contributed by atoms with Crippen LogP contribution < -0.4 is 0 Å². The molecule has 1 aliphatic heterocycles. The Morgan fingerprint density at radius 1 is 1.29 bits per heavy atom. The van der Waals surface area contributed by atoms with Crippen LogP contribution in [0.15, 0.2) is 0 Å². The van der Waals surface area contributed by atoms with Crippen LogP contribution in [0.3, 0.4) is 0 Å². The Morgan fingerprint density at radius 2 is 2.14 bits per heavy atom. The Morgan fingerprint density at radius 3 is 2.43 bits per heavy atom. The molecule has 7 heavy (non-hydrogen) atoms. The summed E-state index contributed by atoms with van der Waals surface area (Å²) >= 11 is 0. The van der Waals surface area contributed by atoms with E-state index in [1.165, 1.54) is 12.8 Å². The zero-order valence-corrected chi connectivity index (χ0v) is 4.14. The Bertz CT molecular complexity index is 78.1. The third-order valence-electron chi connectivity index (χ3n) is 1.62. The average Bonchev–Trinajstić information content (AvgIpc) is 2.15. The molecule has 2 rings (SSSR count). The van der Waals surface area contributed by atoms with Gasteiger partial charge in [0.1, 0.15) is 6.79 Å². The average molecular weight is 100 g/mol. The van der Waals surface area contributed by atoms with Gasteiger partial charge in [-0.25, -0.2) is 0 Å². The van der Waals surface area contributed by atoms with E-state index in [0.717, 1.165) is 6.61 Å². The zero-order chi connectivity index (χ0) is 4.74. The summed E-state index contributed by atoms with van der Waals surface area (Å²) in [5, 5.41) is 0. The van der Waals surface area contributed by atoms with Gasteiger partial charge in [-0.2, -0.15) is 0 Å². The third kappa shape index (κ3) is 0.469. The summed E-state index contributed by atoms with van der Waals surface area (Å²) in [6.07, 6.45) is 2.43. The van der Waals surface area contributed by atoms with E-state index in [1.807, 2.05) is 0 Å². The number of rotatable bonds is 0. The highest BCUT2D eigenvalue weighted by atomic mass is 16.7. The standard InChI is InChI=1S/C5H8O2/c1-2-5(1)3-6-4-7-5/h1-4H2. The molecule has 0 radical (unpaired) electrons. The minimum absolute atomic E-state index is 0.222. The lowest BCUT2D eigenvalue weighted by Gasteiger charge is -1.96. The van der Waals surface area contributed by atoms with Crippen molar-refractivity contribution in [2.24, 2.45) is 0 Å². The summed E-state index contributed by atoms with van der Waals surface area (Å²) in [7, 11) is 0. The molecule has 0 aromatic carbocycles. The highest BCUT2D eigenvalue weighted by Gasteiger charge is 2.47. The van der Waals surface area contributed by atoms with Crippen LogP contribution in [-0.2, 0) is 9.47 Å². The Labute approximate surface area is 42.4 Å². The largest absolute Gasteiger partial charge is 0.352 e. The van der Waals surface area contributed by atoms with Crippen molar-refractivity contribution < 1.29 is 9.47 Å². The lowest BCUT2D eigenvalue weighted by Crippen LogP contribution is -2.08. The van der Waals surface area contributed by atoms with E-state index in [0.29, 0.717) is 6.79 Å². The highest BCUT2D eigenvalue weighted by Crippen LogP contribution is 2.42. The number of ether oxygens (including phenoxy) is 2. The predicted octanol–water partition coefficient (Wildman–Crippen LogP) is 0.523. The van der Waals surface area contributed by atoms with Crippen molar-refractivity contribution in [3.8, 4) is 0 Å². The maximum atomic E-state index is 5.23. The van der Waals surface area contributed by atoms with Gasteiger partial charge in [-0.05, 0) is 12.8 Å². The van der Waals surface area contributed by atoms with Crippen LogP contribution >= 0.6 is 0 Å². The third-order valence-corrected chi connectivity index (χ3v) is 1.62. The molecule has 0 atom stereocenters. The molecule has 2 heteroatoms. The normalized spacial score (nSPS) is 34.3. The molecule has 0 N–H and O–H groups in total. The molecule has 2 nitrogen and oxygen atoms in total. The summed E-state index contributed by atoms with van der Waals surface area (Å²) in [6.45, 7) is 1.37. The van der Waals surface area contributed by atoms with Gasteiger partial charge in [0.25, 0.3) is 0 Å². The minimum atomic E-state index is 0.222. The van der Waals surface area contributed by atoms with Crippen LogP contribution in [0.5, 0.6) is 0 Å². The first-order chi connectivity index (χ1) is 3.41. The van der Waals surface area contributed by atoms with Crippen LogP contribution in [0.2, 0.25) is 0 Å². The topological polar surface area (TPSA) is 18.5 Å². The van der Waals surface area contributed by atoms with Crippen molar-refractivity contribution >= 4 is 0 Å². The van der Waals surface area contributed by atoms with Gasteiger partial charge in [0.15, 0.2) is 0 Å². The number of hydrogen-bond donors (Lipinski definition) is 0. The van der Waals surface area contributed by atoms with Crippen LogP contribution in [-0.4, -0.2) is 19.0 Å². The van der Waals surface area contributed by atoms with Gasteiger partial charge in [-0.1, -0.05) is 0 Å². The Balaban J connectivity index is 2.07. The van der Waals surface area contributed by atoms with E-state index in [-0.39, 0.29) is 5.60 Å². The molecular formula is C5H8O2. The first kappa shape index (κ1) is 3.87. The zero-order valence-electron chi connectivity index (χ0n) is 4.14. The second-order valence-electron chi connectivity index (χ2n) is 2.29. The lowest BCUT2D eigenvalue weighted by molar-refractivity contribution is 0.0387. The molecule has 1 spiro atoms. The van der Waals surface area contributed by atoms with Crippen molar-refractivity contribution in [1.29, 1.82) is 0 Å². The van der Waals surface area contributed by atoms with Gasteiger partial charge in [0, 0.05) is 0 Å². The smallest absolute Gasteiger partial charge is 0.147 e. The second kappa shape index (κ2) is 1.01. The maximum Gasteiger partial charge on any atom is 0.147 e. The Hall–Kier alpha value is -0.0800. The van der Waals surface area contributed by atoms with Crippen molar-refractivity contribution in [3.63, 3.8) is 0 Å². The predicted molar refractivity (Wildman–Crippen MR) is 23.9 cm³/mol. The monoisotopic (exact) mass is 100 g/mol. The molecule has 40 valence electrons. The summed E-state index contributed by atoms with van der Waals surface area (Å²) in [4.78, 5) is 0. The van der Waals surface area contributed by atoms with Crippen LogP contribution in [0.4, 0.5) is 0 Å². The molecule has 0 unspecified atom stereocenters. The van der Waals surface area contributed by atoms with E-state index in [9.17, 15) is 0 Å². The Kier molecular flexibility index (Phi) is 0.557. The van der Waals surface area contributed by atoms with E-state index in [4.69, 9.17) is 9.47 Å². The molecule has 1 heterocycles. The molecule has 0 aromatic rings. The molecule has 0 bridgehead atoms. The fourth-order valence-electron chi connectivity index (χ4n) is 0.864. The molecule has 2 fully saturated rings. The molecule has 1 saturated heterocycles. The van der Waals surface area contributed by atoms with Crippen LogP contribution in [0.25, 0.3) is 0 Å². The van der Waals surface area contributed by atoms with Gasteiger partial charge in [-0.3, -0.25) is 0 Å². The molecule has 0 amide bonds. The fraction of sp³-hybridized carbons (Fsp3) is 1.00. The first-order valence-electron chi connectivity index (χ1n) is 2.63. The van der Waals surface area contributed by atoms with Gasteiger partial charge >= 0.3 is 0 Å². The lowest BCUT2D eigenvalue weighted by atomic mass is 10.4. The minimum Gasteiger partial charge on any atom is -0.352 e. The number of hydrogen-bond acceptors (Lipinski definition) is 2. The highest BCUT2D eigenvalue weighted by molar-refractivity contribution is 4.96. The van der Waals surface area contributed by atoms with E-state index >= 15 is 0 Å². The molecule has 2 aliphatic rings. The molecule has 0 aromatic heterocycles. The second-order valence-corrected chi connectivity index (χ2v) is 2.29. The summed E-state index contributed by atoms with van der Waals surface area (Å²) in [6, 6.07) is 0. The van der Waals surface area contributed by atoms with Crippen molar-refractivity contribution in [2.45, 2.75) is 18.4 Å².